The number of nitrogens with one attached hydrogen (secondary N) is 1. The highest BCUT2D eigenvalue weighted by atomic mass is 16.1. The molecule has 0 fully saturated rings. The molecule has 0 saturated heterocycles. The van der Waals surface area contributed by atoms with Crippen molar-refractivity contribution in [1.29, 1.82) is 0 Å². The number of amides is 1. The van der Waals surface area contributed by atoms with Gasteiger partial charge in [-0.15, -0.1) is 0 Å². The number of benzene rings is 1. The van der Waals surface area contributed by atoms with Crippen molar-refractivity contribution in [3.63, 3.8) is 0 Å². The first-order valence-electron chi connectivity index (χ1n) is 5.46. The van der Waals surface area contributed by atoms with Gasteiger partial charge in [0.15, 0.2) is 0 Å². The van der Waals surface area contributed by atoms with Gasteiger partial charge in [0.2, 0.25) is 5.91 Å². The number of hydrogen-bond donors (Lipinski definition) is 1. The maximum Gasteiger partial charge on any atom is 0.220 e. The third-order valence-electron chi connectivity index (χ3n) is 2.73. The zero-order valence-corrected chi connectivity index (χ0v) is 9.71. The maximum atomic E-state index is 11.2. The maximum absolute atomic E-state index is 11.2. The lowest BCUT2D eigenvalue weighted by molar-refractivity contribution is -0.120. The van der Waals surface area contributed by atoms with Gasteiger partial charge in [-0.25, -0.2) is 0 Å². The largest absolute Gasteiger partial charge is 0.359 e. The van der Waals surface area contributed by atoms with Crippen LogP contribution in [0.2, 0.25) is 0 Å². The molecule has 1 unspecified atom stereocenters. The summed E-state index contributed by atoms with van der Waals surface area (Å²) in [6, 6.07) is 8.50. The molecule has 0 heterocycles. The molecule has 1 rings (SSSR count). The average molecular weight is 205 g/mol. The predicted molar refractivity (Wildman–Crippen MR) is 62.9 cm³/mol. The highest BCUT2D eigenvalue weighted by molar-refractivity contribution is 5.76. The Labute approximate surface area is 91.7 Å². The molecule has 0 bridgehead atoms. The van der Waals surface area contributed by atoms with E-state index in [0.717, 1.165) is 6.42 Å². The molecule has 0 aliphatic heterocycles. The Kier molecular flexibility index (Phi) is 4.35. The smallest absolute Gasteiger partial charge is 0.220 e. The number of hydrogen-bond acceptors (Lipinski definition) is 1. The van der Waals surface area contributed by atoms with Crippen LogP contribution in [0.15, 0.2) is 24.3 Å². The Balaban J connectivity index is 2.65. The second-order valence-corrected chi connectivity index (χ2v) is 3.87. The van der Waals surface area contributed by atoms with Gasteiger partial charge in [-0.2, -0.15) is 0 Å². The van der Waals surface area contributed by atoms with E-state index in [0.29, 0.717) is 6.42 Å². The molecule has 82 valence electrons. The average Bonchev–Trinajstić information content (AvgIpc) is 2.29. The lowest BCUT2D eigenvalue weighted by atomic mass is 9.96. The number of carbonyl (C=O) groups is 1. The Morgan fingerprint density at radius 2 is 1.93 bits per heavy atom. The van der Waals surface area contributed by atoms with E-state index in [-0.39, 0.29) is 11.8 Å². The van der Waals surface area contributed by atoms with Gasteiger partial charge >= 0.3 is 0 Å². The monoisotopic (exact) mass is 205 g/mol. The number of carbonyl (C=O) groups excluding carboxylic acids is 1. The fraction of sp³-hybridized carbons (Fsp3) is 0.462. The minimum atomic E-state index is 0.0991. The van der Waals surface area contributed by atoms with Crippen LogP contribution in [-0.2, 0) is 11.2 Å². The van der Waals surface area contributed by atoms with Crippen LogP contribution in [0.4, 0.5) is 0 Å². The van der Waals surface area contributed by atoms with Crippen molar-refractivity contribution in [3.05, 3.63) is 35.4 Å². The normalized spacial score (nSPS) is 12.2. The van der Waals surface area contributed by atoms with E-state index in [9.17, 15) is 4.79 Å². The summed E-state index contributed by atoms with van der Waals surface area (Å²) >= 11 is 0. The van der Waals surface area contributed by atoms with Crippen LogP contribution in [0.5, 0.6) is 0 Å². The van der Waals surface area contributed by atoms with Crippen molar-refractivity contribution in [2.75, 3.05) is 7.05 Å². The number of rotatable bonds is 4. The van der Waals surface area contributed by atoms with E-state index < -0.39 is 0 Å². The Morgan fingerprint density at radius 3 is 2.40 bits per heavy atom. The summed E-state index contributed by atoms with van der Waals surface area (Å²) in [5.41, 5.74) is 2.57. The lowest BCUT2D eigenvalue weighted by Gasteiger charge is -2.11. The molecule has 0 aliphatic rings. The first-order valence-corrected chi connectivity index (χ1v) is 5.46. The lowest BCUT2D eigenvalue weighted by Crippen LogP contribution is -2.19. The van der Waals surface area contributed by atoms with Gasteiger partial charge in [-0.1, -0.05) is 38.1 Å². The van der Waals surface area contributed by atoms with E-state index in [1.807, 2.05) is 0 Å². The predicted octanol–water partition coefficient (Wildman–Crippen LogP) is 2.49. The van der Waals surface area contributed by atoms with Crippen LogP contribution in [0, 0.1) is 0 Å². The Bertz CT molecular complexity index is 316. The SMILES string of the molecule is CCc1ccc(C(C)CC(=O)NC)cc1. The molecule has 2 heteroatoms. The zero-order valence-electron chi connectivity index (χ0n) is 9.71. The Hall–Kier alpha value is -1.31. The fourth-order valence-electron chi connectivity index (χ4n) is 1.58. The second kappa shape index (κ2) is 5.54. The van der Waals surface area contributed by atoms with E-state index >= 15 is 0 Å². The summed E-state index contributed by atoms with van der Waals surface area (Å²) in [6.45, 7) is 4.22. The molecule has 0 aliphatic carbocycles. The molecule has 0 saturated carbocycles. The van der Waals surface area contributed by atoms with Gasteiger partial charge in [-0.3, -0.25) is 4.79 Å². The molecule has 1 aromatic rings. The summed E-state index contributed by atoms with van der Waals surface area (Å²) in [6.07, 6.45) is 1.62. The molecular formula is C13H19NO. The van der Waals surface area contributed by atoms with Gasteiger partial charge in [0.1, 0.15) is 0 Å². The van der Waals surface area contributed by atoms with Crippen molar-refractivity contribution >= 4 is 5.91 Å². The van der Waals surface area contributed by atoms with Crippen molar-refractivity contribution in [2.45, 2.75) is 32.6 Å². The third kappa shape index (κ3) is 3.39. The fourth-order valence-corrected chi connectivity index (χ4v) is 1.58. The molecule has 0 aromatic heterocycles. The van der Waals surface area contributed by atoms with Gasteiger partial charge in [0, 0.05) is 13.5 Å². The van der Waals surface area contributed by atoms with Crippen molar-refractivity contribution < 1.29 is 4.79 Å². The van der Waals surface area contributed by atoms with Crippen LogP contribution in [0.25, 0.3) is 0 Å². The minimum Gasteiger partial charge on any atom is -0.359 e. The van der Waals surface area contributed by atoms with Crippen molar-refractivity contribution in [3.8, 4) is 0 Å². The summed E-state index contributed by atoms with van der Waals surface area (Å²) in [7, 11) is 1.68. The third-order valence-corrected chi connectivity index (χ3v) is 2.73. The summed E-state index contributed by atoms with van der Waals surface area (Å²) < 4.78 is 0. The second-order valence-electron chi connectivity index (χ2n) is 3.87. The highest BCUT2D eigenvalue weighted by Crippen LogP contribution is 2.19. The molecule has 1 aromatic carbocycles. The van der Waals surface area contributed by atoms with Gasteiger partial charge < -0.3 is 5.32 Å². The molecule has 1 atom stereocenters. The molecule has 1 N–H and O–H groups in total. The molecule has 0 spiro atoms. The first-order chi connectivity index (χ1) is 7.17. The summed E-state index contributed by atoms with van der Waals surface area (Å²) in [5, 5.41) is 2.65. The van der Waals surface area contributed by atoms with Crippen LogP contribution < -0.4 is 5.32 Å². The summed E-state index contributed by atoms with van der Waals surface area (Å²) in [4.78, 5) is 11.2. The molecule has 0 radical (unpaired) electrons. The van der Waals surface area contributed by atoms with Gasteiger partial charge in [-0.05, 0) is 23.5 Å². The van der Waals surface area contributed by atoms with Crippen LogP contribution >= 0.6 is 0 Å². The highest BCUT2D eigenvalue weighted by Gasteiger charge is 2.09. The van der Waals surface area contributed by atoms with Crippen molar-refractivity contribution in [1.82, 2.24) is 5.32 Å². The number of aryl methyl sites for hydroxylation is 1. The van der Waals surface area contributed by atoms with E-state index in [4.69, 9.17) is 0 Å². The van der Waals surface area contributed by atoms with E-state index in [2.05, 4.69) is 43.4 Å². The standard InChI is InChI=1S/C13H19NO/c1-4-11-5-7-12(8-6-11)10(2)9-13(15)14-3/h5-8,10H,4,9H2,1-3H3,(H,14,15). The first kappa shape index (κ1) is 11.8. The summed E-state index contributed by atoms with van der Waals surface area (Å²) in [5.74, 6) is 0.387. The molecule has 1 amide bonds. The topological polar surface area (TPSA) is 29.1 Å². The van der Waals surface area contributed by atoms with Crippen LogP contribution in [-0.4, -0.2) is 13.0 Å². The quantitative estimate of drug-likeness (QED) is 0.804. The van der Waals surface area contributed by atoms with Gasteiger partial charge in [0.05, 0.1) is 0 Å². The van der Waals surface area contributed by atoms with Crippen LogP contribution in [0.3, 0.4) is 0 Å². The molecule has 15 heavy (non-hydrogen) atoms. The van der Waals surface area contributed by atoms with Gasteiger partial charge in [0.25, 0.3) is 0 Å². The Morgan fingerprint density at radius 1 is 1.33 bits per heavy atom. The molecular weight excluding hydrogens is 186 g/mol. The van der Waals surface area contributed by atoms with Crippen LogP contribution in [0.1, 0.15) is 37.3 Å². The van der Waals surface area contributed by atoms with E-state index in [1.165, 1.54) is 11.1 Å². The van der Waals surface area contributed by atoms with E-state index in [1.54, 1.807) is 7.05 Å². The minimum absolute atomic E-state index is 0.0991. The molecule has 2 nitrogen and oxygen atoms in total. The zero-order chi connectivity index (χ0) is 11.3. The van der Waals surface area contributed by atoms with Crippen molar-refractivity contribution in [2.24, 2.45) is 0 Å².